The summed E-state index contributed by atoms with van der Waals surface area (Å²) >= 11 is 0. The van der Waals surface area contributed by atoms with Crippen molar-refractivity contribution in [3.05, 3.63) is 53.2 Å². The maximum absolute atomic E-state index is 11.0. The minimum absolute atomic E-state index is 0.711. The first-order chi connectivity index (χ1) is 12.7. The number of nitrogens with zero attached hydrogens (tertiary/aromatic N) is 5. The third kappa shape index (κ3) is 4.58. The van der Waals surface area contributed by atoms with Gasteiger partial charge in [-0.25, -0.2) is 4.98 Å². The first-order valence-electron chi connectivity index (χ1n) is 8.57. The quantitative estimate of drug-likeness (QED) is 0.622. The highest BCUT2D eigenvalue weighted by atomic mass is 16.3. The number of nitroso groups, excluding NO2 is 1. The Morgan fingerprint density at radius 2 is 2.08 bits per heavy atom. The number of carbonyl (C=O) groups excluding carboxylic acids is 1. The van der Waals surface area contributed by atoms with Crippen LogP contribution < -0.4 is 4.90 Å². The van der Waals surface area contributed by atoms with Gasteiger partial charge in [0.05, 0.1) is 5.69 Å². The van der Waals surface area contributed by atoms with E-state index in [1.54, 1.807) is 12.4 Å². The number of amides is 1. The molecular formula is C19H21N5O2. The molecular weight excluding hydrogens is 330 g/mol. The molecule has 7 heteroatoms. The van der Waals surface area contributed by atoms with Crippen LogP contribution in [0.3, 0.4) is 0 Å². The van der Waals surface area contributed by atoms with Crippen LogP contribution in [0.5, 0.6) is 0 Å². The molecule has 1 aliphatic rings. The van der Waals surface area contributed by atoms with Gasteiger partial charge in [-0.05, 0) is 49.9 Å². The van der Waals surface area contributed by atoms with Crippen LogP contribution in [0.25, 0.3) is 17.3 Å². The Labute approximate surface area is 152 Å². The van der Waals surface area contributed by atoms with Crippen molar-refractivity contribution in [1.29, 1.82) is 0 Å². The largest absolute Gasteiger partial charge is 0.355 e. The van der Waals surface area contributed by atoms with Crippen LogP contribution in [0.4, 0.5) is 5.82 Å². The zero-order valence-electron chi connectivity index (χ0n) is 14.7. The van der Waals surface area contributed by atoms with Gasteiger partial charge in [0.2, 0.25) is 0 Å². The molecule has 1 aliphatic heterocycles. The molecule has 0 aliphatic carbocycles. The predicted molar refractivity (Wildman–Crippen MR) is 102 cm³/mol. The summed E-state index contributed by atoms with van der Waals surface area (Å²) in [6.07, 6.45) is 7.12. The maximum Gasteiger partial charge on any atom is 0.309 e. The van der Waals surface area contributed by atoms with E-state index in [0.717, 1.165) is 55.8 Å². The SMILES string of the molecule is CN1CCCN(c2cccc(-c3cncc(/C=C/C(=O)N=O)c3)n2)CC1. The second-order valence-corrected chi connectivity index (χ2v) is 6.29. The van der Waals surface area contributed by atoms with E-state index >= 15 is 0 Å². The van der Waals surface area contributed by atoms with Crippen LogP contribution in [-0.4, -0.2) is 54.0 Å². The molecule has 0 spiro atoms. The van der Waals surface area contributed by atoms with Gasteiger partial charge in [0.25, 0.3) is 0 Å². The van der Waals surface area contributed by atoms with Crippen LogP contribution in [0.2, 0.25) is 0 Å². The van der Waals surface area contributed by atoms with Gasteiger partial charge in [-0.15, -0.1) is 4.91 Å². The Balaban J connectivity index is 1.82. The second-order valence-electron chi connectivity index (χ2n) is 6.29. The standard InChI is InChI=1S/C19H21N5O2/c1-23-8-3-9-24(11-10-23)18-5-2-4-17(21-18)16-12-15(13-20-14-16)6-7-19(25)22-26/h2,4-7,12-14H,3,8-11H2,1H3/b7-6+. The van der Waals surface area contributed by atoms with Crippen molar-refractivity contribution in [2.24, 2.45) is 5.18 Å². The van der Waals surface area contributed by atoms with Crippen molar-refractivity contribution in [2.75, 3.05) is 38.1 Å². The van der Waals surface area contributed by atoms with Gasteiger partial charge in [0.15, 0.2) is 0 Å². The number of likely N-dealkylation sites (N-methyl/N-ethyl adjacent to an activating group) is 1. The Kier molecular flexibility index (Phi) is 5.80. The Morgan fingerprint density at radius 1 is 1.19 bits per heavy atom. The fourth-order valence-corrected chi connectivity index (χ4v) is 2.92. The summed E-state index contributed by atoms with van der Waals surface area (Å²) in [6.45, 7) is 4.06. The molecule has 0 aromatic carbocycles. The number of hydrogen-bond donors (Lipinski definition) is 0. The zero-order valence-corrected chi connectivity index (χ0v) is 14.7. The Hall–Kier alpha value is -2.93. The van der Waals surface area contributed by atoms with Crippen LogP contribution in [0.15, 0.2) is 47.9 Å². The van der Waals surface area contributed by atoms with Crippen molar-refractivity contribution >= 4 is 17.8 Å². The van der Waals surface area contributed by atoms with Gasteiger partial charge in [-0.3, -0.25) is 9.78 Å². The average Bonchev–Trinajstić information content (AvgIpc) is 2.91. The molecule has 2 aromatic heterocycles. The topological polar surface area (TPSA) is 78.8 Å². The summed E-state index contributed by atoms with van der Waals surface area (Å²) in [5.41, 5.74) is 2.39. The molecule has 0 bridgehead atoms. The minimum Gasteiger partial charge on any atom is -0.355 e. The highest BCUT2D eigenvalue weighted by molar-refractivity contribution is 5.92. The van der Waals surface area contributed by atoms with Gasteiger partial charge < -0.3 is 9.80 Å². The van der Waals surface area contributed by atoms with E-state index in [4.69, 9.17) is 4.98 Å². The normalized spacial score (nSPS) is 15.8. The fourth-order valence-electron chi connectivity index (χ4n) is 2.92. The number of hydrogen-bond acceptors (Lipinski definition) is 6. The van der Waals surface area contributed by atoms with Crippen LogP contribution in [0, 0.1) is 4.91 Å². The summed E-state index contributed by atoms with van der Waals surface area (Å²) in [7, 11) is 2.14. The molecule has 0 unspecified atom stereocenters. The van der Waals surface area contributed by atoms with Gasteiger partial charge in [-0.2, -0.15) is 0 Å². The van der Waals surface area contributed by atoms with Gasteiger partial charge >= 0.3 is 5.91 Å². The van der Waals surface area contributed by atoms with Crippen molar-refractivity contribution in [2.45, 2.75) is 6.42 Å². The second kappa shape index (κ2) is 8.44. The van der Waals surface area contributed by atoms with E-state index in [1.807, 2.05) is 24.3 Å². The van der Waals surface area contributed by atoms with Gasteiger partial charge in [0, 0.05) is 48.8 Å². The molecule has 0 saturated carbocycles. The monoisotopic (exact) mass is 351 g/mol. The molecule has 1 saturated heterocycles. The summed E-state index contributed by atoms with van der Waals surface area (Å²) in [5, 5.41) is 2.34. The van der Waals surface area contributed by atoms with Crippen molar-refractivity contribution in [3.8, 4) is 11.3 Å². The summed E-state index contributed by atoms with van der Waals surface area (Å²) in [6, 6.07) is 7.84. The van der Waals surface area contributed by atoms with Crippen LogP contribution in [0.1, 0.15) is 12.0 Å². The molecule has 3 rings (SSSR count). The molecule has 0 radical (unpaired) electrons. The maximum atomic E-state index is 11.0. The molecule has 3 heterocycles. The number of aromatic nitrogens is 2. The number of carbonyl (C=O) groups is 1. The molecule has 134 valence electrons. The molecule has 26 heavy (non-hydrogen) atoms. The van der Waals surface area contributed by atoms with Gasteiger partial charge in [0.1, 0.15) is 5.82 Å². The lowest BCUT2D eigenvalue weighted by atomic mass is 10.1. The first-order valence-corrected chi connectivity index (χ1v) is 8.57. The summed E-state index contributed by atoms with van der Waals surface area (Å²) < 4.78 is 0. The van der Waals surface area contributed by atoms with Gasteiger partial charge in [-0.1, -0.05) is 6.07 Å². The summed E-state index contributed by atoms with van der Waals surface area (Å²) in [4.78, 5) is 34.8. The van der Waals surface area contributed by atoms with E-state index < -0.39 is 5.91 Å². The van der Waals surface area contributed by atoms with E-state index in [1.165, 1.54) is 6.08 Å². The number of rotatable bonds is 4. The first kappa shape index (κ1) is 17.9. The Bertz CT molecular complexity index is 821. The van der Waals surface area contributed by atoms with Crippen LogP contribution in [-0.2, 0) is 4.79 Å². The number of anilines is 1. The van der Waals surface area contributed by atoms with Crippen molar-refractivity contribution < 1.29 is 4.79 Å². The third-order valence-electron chi connectivity index (χ3n) is 4.34. The fraction of sp³-hybridized carbons (Fsp3) is 0.316. The van der Waals surface area contributed by atoms with Crippen molar-refractivity contribution in [1.82, 2.24) is 14.9 Å². The number of pyridine rings is 2. The highest BCUT2D eigenvalue weighted by Gasteiger charge is 2.14. The molecule has 0 N–H and O–H groups in total. The smallest absolute Gasteiger partial charge is 0.309 e. The molecule has 0 atom stereocenters. The minimum atomic E-state index is -0.818. The average molecular weight is 351 g/mol. The molecule has 1 fully saturated rings. The lowest BCUT2D eigenvalue weighted by Gasteiger charge is -2.22. The lowest BCUT2D eigenvalue weighted by Crippen LogP contribution is -2.29. The molecule has 7 nitrogen and oxygen atoms in total. The van der Waals surface area contributed by atoms with Crippen molar-refractivity contribution in [3.63, 3.8) is 0 Å². The zero-order chi connectivity index (χ0) is 18.4. The summed E-state index contributed by atoms with van der Waals surface area (Å²) in [5.74, 6) is 0.140. The highest BCUT2D eigenvalue weighted by Crippen LogP contribution is 2.22. The lowest BCUT2D eigenvalue weighted by molar-refractivity contribution is -0.113. The third-order valence-corrected chi connectivity index (χ3v) is 4.34. The van der Waals surface area contributed by atoms with E-state index in [9.17, 15) is 9.70 Å². The van der Waals surface area contributed by atoms with E-state index in [0.29, 0.717) is 5.56 Å². The molecule has 2 aromatic rings. The van der Waals surface area contributed by atoms with E-state index in [2.05, 4.69) is 27.0 Å². The van der Waals surface area contributed by atoms with E-state index in [-0.39, 0.29) is 0 Å². The van der Waals surface area contributed by atoms with Crippen LogP contribution >= 0.6 is 0 Å². The Morgan fingerprint density at radius 3 is 2.92 bits per heavy atom. The predicted octanol–water partition coefficient (Wildman–Crippen LogP) is 2.59. The molecule has 1 amide bonds.